The number of amides is 3. The second-order valence-electron chi connectivity index (χ2n) is 5.93. The molecule has 1 saturated heterocycles. The Kier molecular flexibility index (Phi) is 5.03. The van der Waals surface area contributed by atoms with E-state index < -0.39 is 17.9 Å². The van der Waals surface area contributed by atoms with Gasteiger partial charge in [0.2, 0.25) is 5.91 Å². The molecule has 0 aromatic rings. The monoisotopic (exact) mass is 297 g/mol. The van der Waals surface area contributed by atoms with Crippen LogP contribution in [0.2, 0.25) is 0 Å². The molecule has 0 aromatic heterocycles. The molecule has 3 atom stereocenters. The summed E-state index contributed by atoms with van der Waals surface area (Å²) in [5.41, 5.74) is 5.34. The molecule has 2 aliphatic rings. The molecule has 0 bridgehead atoms. The summed E-state index contributed by atoms with van der Waals surface area (Å²) in [6, 6.07) is -0.855. The number of carboxylic acid groups (broad SMARTS) is 1. The quantitative estimate of drug-likeness (QED) is 0.702. The number of rotatable bonds is 4. The maximum absolute atomic E-state index is 12.2. The average molecular weight is 297 g/mol. The van der Waals surface area contributed by atoms with E-state index in [-0.39, 0.29) is 17.9 Å². The fourth-order valence-corrected chi connectivity index (χ4v) is 3.40. The van der Waals surface area contributed by atoms with Crippen molar-refractivity contribution in [3.05, 3.63) is 0 Å². The summed E-state index contributed by atoms with van der Waals surface area (Å²) in [4.78, 5) is 36.2. The van der Waals surface area contributed by atoms with E-state index in [1.54, 1.807) is 0 Å². The first kappa shape index (κ1) is 15.6. The van der Waals surface area contributed by atoms with Gasteiger partial charge in [-0.3, -0.25) is 9.59 Å². The second kappa shape index (κ2) is 6.78. The summed E-state index contributed by atoms with van der Waals surface area (Å²) in [7, 11) is 0. The molecule has 7 heteroatoms. The average Bonchev–Trinajstić information content (AvgIpc) is 2.93. The molecule has 1 aliphatic heterocycles. The number of primary amides is 1. The minimum Gasteiger partial charge on any atom is -0.481 e. The zero-order valence-electron chi connectivity index (χ0n) is 12.1. The standard InChI is InChI=1S/C14H23N3O4/c15-12(18)11-6-1-2-7-17(11)14(21)16-8-9-4-3-5-10(9)13(19)20/h9-11H,1-8H2,(H2,15,18)(H,16,21)(H,19,20). The maximum Gasteiger partial charge on any atom is 0.318 e. The topological polar surface area (TPSA) is 113 Å². The van der Waals surface area contributed by atoms with Crippen LogP contribution >= 0.6 is 0 Å². The number of nitrogens with zero attached hydrogens (tertiary/aromatic N) is 1. The molecule has 1 heterocycles. The minimum absolute atomic E-state index is 0.0248. The predicted octanol–water partition coefficient (Wildman–Crippen LogP) is 0.537. The number of hydrogen-bond acceptors (Lipinski definition) is 3. The normalized spacial score (nSPS) is 29.1. The predicted molar refractivity (Wildman–Crippen MR) is 75.4 cm³/mol. The van der Waals surface area contributed by atoms with E-state index in [1.807, 2.05) is 0 Å². The van der Waals surface area contributed by atoms with Crippen molar-refractivity contribution in [2.75, 3.05) is 13.1 Å². The maximum atomic E-state index is 12.2. The second-order valence-corrected chi connectivity index (χ2v) is 5.93. The van der Waals surface area contributed by atoms with Gasteiger partial charge < -0.3 is 21.1 Å². The fourth-order valence-electron chi connectivity index (χ4n) is 3.40. The van der Waals surface area contributed by atoms with Gasteiger partial charge in [0.1, 0.15) is 6.04 Å². The van der Waals surface area contributed by atoms with Gasteiger partial charge in [0.05, 0.1) is 5.92 Å². The molecule has 3 unspecified atom stereocenters. The molecule has 4 N–H and O–H groups in total. The zero-order chi connectivity index (χ0) is 15.4. The van der Waals surface area contributed by atoms with E-state index in [4.69, 9.17) is 10.8 Å². The van der Waals surface area contributed by atoms with E-state index in [2.05, 4.69) is 5.32 Å². The van der Waals surface area contributed by atoms with Gasteiger partial charge in [-0.2, -0.15) is 0 Å². The lowest BCUT2D eigenvalue weighted by Crippen LogP contribution is -2.54. The third-order valence-electron chi connectivity index (χ3n) is 4.58. The number of carbonyl (C=O) groups is 3. The Morgan fingerprint density at radius 2 is 1.90 bits per heavy atom. The van der Waals surface area contributed by atoms with Crippen LogP contribution in [0.5, 0.6) is 0 Å². The molecule has 0 spiro atoms. The molecular formula is C14H23N3O4. The van der Waals surface area contributed by atoms with Crippen molar-refractivity contribution in [2.45, 2.75) is 44.6 Å². The molecule has 2 rings (SSSR count). The Morgan fingerprint density at radius 1 is 1.14 bits per heavy atom. The van der Waals surface area contributed by atoms with Crippen LogP contribution in [0.4, 0.5) is 4.79 Å². The largest absolute Gasteiger partial charge is 0.481 e. The van der Waals surface area contributed by atoms with Crippen molar-refractivity contribution in [1.82, 2.24) is 10.2 Å². The van der Waals surface area contributed by atoms with Crippen molar-refractivity contribution >= 4 is 17.9 Å². The molecule has 0 aromatic carbocycles. The highest BCUT2D eigenvalue weighted by atomic mass is 16.4. The molecular weight excluding hydrogens is 274 g/mol. The van der Waals surface area contributed by atoms with Gasteiger partial charge in [-0.25, -0.2) is 4.79 Å². The summed E-state index contributed by atoms with van der Waals surface area (Å²) >= 11 is 0. The summed E-state index contributed by atoms with van der Waals surface area (Å²) in [5, 5.41) is 11.9. The number of hydrogen-bond donors (Lipinski definition) is 3. The van der Waals surface area contributed by atoms with Crippen LogP contribution in [-0.4, -0.2) is 47.0 Å². The first-order valence-electron chi connectivity index (χ1n) is 7.57. The highest BCUT2D eigenvalue weighted by Crippen LogP contribution is 2.31. The van der Waals surface area contributed by atoms with Gasteiger partial charge >= 0.3 is 12.0 Å². The van der Waals surface area contributed by atoms with Crippen LogP contribution in [0.1, 0.15) is 38.5 Å². The van der Waals surface area contributed by atoms with E-state index in [0.29, 0.717) is 25.9 Å². The van der Waals surface area contributed by atoms with E-state index in [1.165, 1.54) is 4.90 Å². The highest BCUT2D eigenvalue weighted by Gasteiger charge is 2.34. The van der Waals surface area contributed by atoms with Gasteiger partial charge in [-0.1, -0.05) is 6.42 Å². The molecule has 0 radical (unpaired) electrons. The van der Waals surface area contributed by atoms with E-state index in [9.17, 15) is 14.4 Å². The number of carboxylic acids is 1. The summed E-state index contributed by atoms with van der Waals surface area (Å²) in [6.45, 7) is 0.865. The molecule has 1 aliphatic carbocycles. The van der Waals surface area contributed by atoms with Crippen LogP contribution in [0.15, 0.2) is 0 Å². The van der Waals surface area contributed by atoms with Crippen LogP contribution in [0, 0.1) is 11.8 Å². The first-order valence-corrected chi connectivity index (χ1v) is 7.57. The van der Waals surface area contributed by atoms with Crippen molar-refractivity contribution in [3.63, 3.8) is 0 Å². The number of carbonyl (C=O) groups excluding carboxylic acids is 2. The van der Waals surface area contributed by atoms with Gasteiger partial charge in [0, 0.05) is 13.1 Å². The van der Waals surface area contributed by atoms with Gasteiger partial charge in [0.15, 0.2) is 0 Å². The first-order chi connectivity index (χ1) is 10.0. The number of nitrogens with two attached hydrogens (primary N) is 1. The summed E-state index contributed by atoms with van der Waals surface area (Å²) < 4.78 is 0. The summed E-state index contributed by atoms with van der Waals surface area (Å²) in [6.07, 6.45) is 4.72. The Bertz CT molecular complexity index is 426. The Labute approximate surface area is 123 Å². The molecule has 7 nitrogen and oxygen atoms in total. The van der Waals surface area contributed by atoms with Crippen molar-refractivity contribution in [3.8, 4) is 0 Å². The van der Waals surface area contributed by atoms with Crippen LogP contribution in [-0.2, 0) is 9.59 Å². The van der Waals surface area contributed by atoms with Crippen molar-refractivity contribution in [1.29, 1.82) is 0 Å². The lowest BCUT2D eigenvalue weighted by Gasteiger charge is -2.34. The number of piperidine rings is 1. The molecule has 2 fully saturated rings. The fraction of sp³-hybridized carbons (Fsp3) is 0.786. The van der Waals surface area contributed by atoms with E-state index in [0.717, 1.165) is 25.7 Å². The van der Waals surface area contributed by atoms with Gasteiger partial charge in [0.25, 0.3) is 0 Å². The van der Waals surface area contributed by atoms with Crippen LogP contribution < -0.4 is 11.1 Å². The number of likely N-dealkylation sites (tertiary alicyclic amines) is 1. The van der Waals surface area contributed by atoms with Gasteiger partial charge in [-0.05, 0) is 38.0 Å². The third-order valence-corrected chi connectivity index (χ3v) is 4.58. The number of nitrogens with one attached hydrogen (secondary N) is 1. The molecule has 21 heavy (non-hydrogen) atoms. The minimum atomic E-state index is -0.792. The summed E-state index contributed by atoms with van der Waals surface area (Å²) in [5.74, 6) is -1.67. The SMILES string of the molecule is NC(=O)C1CCCCN1C(=O)NCC1CCCC1C(=O)O. The Hall–Kier alpha value is -1.79. The van der Waals surface area contributed by atoms with Crippen LogP contribution in [0.3, 0.4) is 0 Å². The lowest BCUT2D eigenvalue weighted by molar-refractivity contribution is -0.142. The highest BCUT2D eigenvalue weighted by molar-refractivity contribution is 5.86. The smallest absolute Gasteiger partial charge is 0.318 e. The lowest BCUT2D eigenvalue weighted by atomic mass is 9.96. The van der Waals surface area contributed by atoms with Crippen molar-refractivity contribution < 1.29 is 19.5 Å². The molecule has 3 amide bonds. The van der Waals surface area contributed by atoms with Crippen molar-refractivity contribution in [2.24, 2.45) is 17.6 Å². The zero-order valence-corrected chi connectivity index (χ0v) is 12.1. The van der Waals surface area contributed by atoms with Crippen LogP contribution in [0.25, 0.3) is 0 Å². The van der Waals surface area contributed by atoms with E-state index >= 15 is 0 Å². The number of urea groups is 1. The molecule has 1 saturated carbocycles. The Morgan fingerprint density at radius 3 is 2.57 bits per heavy atom. The third kappa shape index (κ3) is 3.65. The Balaban J connectivity index is 1.88. The molecule has 118 valence electrons. The van der Waals surface area contributed by atoms with Gasteiger partial charge in [-0.15, -0.1) is 0 Å². The number of aliphatic carboxylic acids is 1.